The van der Waals surface area contributed by atoms with Gasteiger partial charge in [0.05, 0.1) is 22.9 Å². The van der Waals surface area contributed by atoms with Crippen LogP contribution in [0.5, 0.6) is 0 Å². The van der Waals surface area contributed by atoms with Gasteiger partial charge in [-0.3, -0.25) is 20.1 Å². The maximum Gasteiger partial charge on any atom is 0.306 e. The summed E-state index contributed by atoms with van der Waals surface area (Å²) in [6.07, 6.45) is 1.10. The fourth-order valence-corrected chi connectivity index (χ4v) is 3.83. The van der Waals surface area contributed by atoms with E-state index >= 15 is 0 Å². The summed E-state index contributed by atoms with van der Waals surface area (Å²) in [4.78, 5) is 25.8. The first kappa shape index (κ1) is 21.3. The second-order valence-corrected chi connectivity index (χ2v) is 8.24. The number of piperidine rings is 1. The smallest absolute Gasteiger partial charge is 0.306 e. The molecule has 0 unspecified atom stereocenters. The number of likely N-dealkylation sites (tertiary alicyclic amines) is 1. The average molecular weight is 480 g/mol. The molecule has 1 saturated heterocycles. The zero-order chi connectivity index (χ0) is 21.1. The SMILES string of the molecule is C/C(=N/NC(=S)N1CCC(C(=O)O)CC1)c1c(C)[nH]n(-c2ccc(Br)cc2)c1=O. The van der Waals surface area contributed by atoms with E-state index in [1.165, 1.54) is 4.68 Å². The number of aliphatic carboxylic acids is 1. The first-order valence-corrected chi connectivity index (χ1v) is 10.4. The molecule has 2 aromatic rings. The number of H-pyrrole nitrogens is 1. The van der Waals surface area contributed by atoms with Gasteiger partial charge in [-0.2, -0.15) is 5.10 Å². The Bertz CT molecular complexity index is 1000. The molecule has 1 aliphatic heterocycles. The quantitative estimate of drug-likeness (QED) is 0.353. The third-order valence-electron chi connectivity index (χ3n) is 4.97. The Kier molecular flexibility index (Phi) is 6.53. The minimum atomic E-state index is -0.762. The van der Waals surface area contributed by atoms with E-state index in [0.29, 0.717) is 48.0 Å². The van der Waals surface area contributed by atoms with E-state index in [4.69, 9.17) is 17.3 Å². The second-order valence-electron chi connectivity index (χ2n) is 6.94. The van der Waals surface area contributed by atoms with Gasteiger partial charge in [0.2, 0.25) is 0 Å². The van der Waals surface area contributed by atoms with Gasteiger partial charge in [-0.15, -0.1) is 0 Å². The number of hydrazone groups is 1. The molecule has 29 heavy (non-hydrogen) atoms. The molecular formula is C19H22BrN5O3S. The van der Waals surface area contributed by atoms with Gasteiger partial charge in [0.25, 0.3) is 5.56 Å². The number of carboxylic acid groups (broad SMARTS) is 1. The summed E-state index contributed by atoms with van der Waals surface area (Å²) in [5.74, 6) is -1.08. The van der Waals surface area contributed by atoms with E-state index in [2.05, 4.69) is 31.6 Å². The van der Waals surface area contributed by atoms with Crippen LogP contribution >= 0.6 is 28.1 Å². The zero-order valence-electron chi connectivity index (χ0n) is 16.1. The first-order chi connectivity index (χ1) is 13.8. The van der Waals surface area contributed by atoms with Gasteiger partial charge < -0.3 is 10.0 Å². The van der Waals surface area contributed by atoms with Gasteiger partial charge in [0, 0.05) is 23.3 Å². The van der Waals surface area contributed by atoms with Crippen LogP contribution < -0.4 is 11.0 Å². The number of nitrogens with one attached hydrogen (secondary N) is 2. The average Bonchev–Trinajstić information content (AvgIpc) is 3.00. The number of benzene rings is 1. The van der Waals surface area contributed by atoms with Crippen molar-refractivity contribution in [3.8, 4) is 5.69 Å². The van der Waals surface area contributed by atoms with Crippen LogP contribution in [0.4, 0.5) is 0 Å². The minimum absolute atomic E-state index is 0.193. The predicted molar refractivity (Wildman–Crippen MR) is 119 cm³/mol. The highest BCUT2D eigenvalue weighted by molar-refractivity contribution is 9.10. The van der Waals surface area contributed by atoms with Gasteiger partial charge in [0.1, 0.15) is 0 Å². The lowest BCUT2D eigenvalue weighted by atomic mass is 9.97. The molecule has 1 aromatic carbocycles. The third-order valence-corrected chi connectivity index (χ3v) is 5.85. The Morgan fingerprint density at radius 3 is 2.52 bits per heavy atom. The van der Waals surface area contributed by atoms with E-state index in [1.54, 1.807) is 6.92 Å². The normalized spacial score (nSPS) is 15.4. The summed E-state index contributed by atoms with van der Waals surface area (Å²) in [7, 11) is 0. The number of thiocarbonyl (C=S) groups is 1. The van der Waals surface area contributed by atoms with Crippen molar-refractivity contribution in [1.29, 1.82) is 0 Å². The minimum Gasteiger partial charge on any atom is -0.481 e. The van der Waals surface area contributed by atoms with Crippen molar-refractivity contribution < 1.29 is 9.90 Å². The Balaban J connectivity index is 1.72. The summed E-state index contributed by atoms with van der Waals surface area (Å²) in [5.41, 5.74) is 5.07. The molecule has 10 heteroatoms. The monoisotopic (exact) mass is 479 g/mol. The molecule has 2 heterocycles. The van der Waals surface area contributed by atoms with E-state index in [1.807, 2.05) is 36.1 Å². The topological polar surface area (TPSA) is 103 Å². The van der Waals surface area contributed by atoms with E-state index in [-0.39, 0.29) is 11.5 Å². The van der Waals surface area contributed by atoms with Crippen LogP contribution in [-0.2, 0) is 4.79 Å². The number of carboxylic acids is 1. The highest BCUT2D eigenvalue weighted by atomic mass is 79.9. The Morgan fingerprint density at radius 2 is 1.93 bits per heavy atom. The lowest BCUT2D eigenvalue weighted by Gasteiger charge is -2.31. The number of hydrogen-bond donors (Lipinski definition) is 3. The summed E-state index contributed by atoms with van der Waals surface area (Å²) in [6.45, 7) is 4.70. The first-order valence-electron chi connectivity index (χ1n) is 9.18. The second kappa shape index (κ2) is 8.91. The number of aromatic amines is 1. The standard InChI is InChI=1S/C19H22BrN5O3S/c1-11(21-22-19(29)24-9-7-13(8-10-24)18(27)28)16-12(2)23-25(17(16)26)15-5-3-14(20)4-6-15/h3-6,13,23H,7-10H2,1-2H3,(H,22,29)(H,27,28)/b21-11-. The number of nitrogens with zero attached hydrogens (tertiary/aromatic N) is 3. The van der Waals surface area contributed by atoms with Crippen LogP contribution in [0, 0.1) is 12.8 Å². The molecule has 3 N–H and O–H groups in total. The molecule has 0 spiro atoms. The highest BCUT2D eigenvalue weighted by Gasteiger charge is 2.25. The molecule has 0 aliphatic carbocycles. The lowest BCUT2D eigenvalue weighted by molar-refractivity contribution is -0.143. The van der Waals surface area contributed by atoms with E-state index in [0.717, 1.165) is 10.2 Å². The lowest BCUT2D eigenvalue weighted by Crippen LogP contribution is -2.44. The van der Waals surface area contributed by atoms with Gasteiger partial charge in [-0.1, -0.05) is 15.9 Å². The third kappa shape index (κ3) is 4.76. The van der Waals surface area contributed by atoms with Crippen molar-refractivity contribution in [2.24, 2.45) is 11.0 Å². The Hall–Kier alpha value is -2.46. The summed E-state index contributed by atoms with van der Waals surface area (Å²) in [6, 6.07) is 7.41. The number of carbonyl (C=O) groups is 1. The molecule has 0 bridgehead atoms. The molecular weight excluding hydrogens is 458 g/mol. The molecule has 0 saturated carbocycles. The molecule has 1 aliphatic rings. The largest absolute Gasteiger partial charge is 0.481 e. The van der Waals surface area contributed by atoms with Crippen LogP contribution in [0.25, 0.3) is 5.69 Å². The molecule has 0 radical (unpaired) electrons. The molecule has 0 amide bonds. The molecule has 1 fully saturated rings. The van der Waals surface area contributed by atoms with Crippen LogP contribution in [0.1, 0.15) is 31.0 Å². The fourth-order valence-electron chi connectivity index (χ4n) is 3.33. The summed E-state index contributed by atoms with van der Waals surface area (Å²) in [5, 5.41) is 16.9. The molecule has 154 valence electrons. The Morgan fingerprint density at radius 1 is 1.31 bits per heavy atom. The number of halogens is 1. The van der Waals surface area contributed by atoms with Crippen LogP contribution in [-0.4, -0.2) is 49.7 Å². The predicted octanol–water partition coefficient (Wildman–Crippen LogP) is 2.63. The number of hydrogen-bond acceptors (Lipinski definition) is 4. The van der Waals surface area contributed by atoms with Gasteiger partial charge in [0.15, 0.2) is 5.11 Å². The molecule has 3 rings (SSSR count). The number of aryl methyl sites for hydroxylation is 1. The molecule has 0 atom stereocenters. The van der Waals surface area contributed by atoms with Crippen LogP contribution in [0.2, 0.25) is 0 Å². The molecule has 8 nitrogen and oxygen atoms in total. The van der Waals surface area contributed by atoms with Gasteiger partial charge >= 0.3 is 5.97 Å². The Labute approximate surface area is 181 Å². The van der Waals surface area contributed by atoms with Crippen molar-refractivity contribution in [1.82, 2.24) is 20.1 Å². The van der Waals surface area contributed by atoms with Crippen molar-refractivity contribution in [3.05, 3.63) is 50.3 Å². The van der Waals surface area contributed by atoms with Crippen molar-refractivity contribution in [2.45, 2.75) is 26.7 Å². The fraction of sp³-hybridized carbons (Fsp3) is 0.368. The summed E-state index contributed by atoms with van der Waals surface area (Å²) < 4.78 is 2.41. The number of rotatable bonds is 4. The van der Waals surface area contributed by atoms with Crippen LogP contribution in [0.15, 0.2) is 38.6 Å². The van der Waals surface area contributed by atoms with Crippen LogP contribution in [0.3, 0.4) is 0 Å². The van der Waals surface area contributed by atoms with E-state index in [9.17, 15) is 9.59 Å². The van der Waals surface area contributed by atoms with Crippen molar-refractivity contribution in [3.63, 3.8) is 0 Å². The maximum atomic E-state index is 12.9. The highest BCUT2D eigenvalue weighted by Crippen LogP contribution is 2.17. The maximum absolute atomic E-state index is 12.9. The van der Waals surface area contributed by atoms with Crippen molar-refractivity contribution >= 4 is 44.9 Å². The van der Waals surface area contributed by atoms with Crippen molar-refractivity contribution in [2.75, 3.05) is 13.1 Å². The van der Waals surface area contributed by atoms with E-state index < -0.39 is 5.97 Å². The summed E-state index contributed by atoms with van der Waals surface area (Å²) >= 11 is 8.76. The zero-order valence-corrected chi connectivity index (χ0v) is 18.5. The van der Waals surface area contributed by atoms with Gasteiger partial charge in [-0.05, 0) is 63.2 Å². The van der Waals surface area contributed by atoms with Gasteiger partial charge in [-0.25, -0.2) is 4.68 Å². The molecule has 1 aromatic heterocycles. The number of aromatic nitrogens is 2.